The standard InChI is InChI=1S/C14H23N3O3/c1-10(2)7-17-8-11(6-13(17)19)14(20)16-5-3-4-15-12(18)9-16/h10-11H,3-9H2,1-2H3,(H,15,18). The number of carbonyl (C=O) groups is 3. The van der Waals surface area contributed by atoms with Gasteiger partial charge >= 0.3 is 0 Å². The van der Waals surface area contributed by atoms with Gasteiger partial charge in [-0.15, -0.1) is 0 Å². The largest absolute Gasteiger partial charge is 0.354 e. The highest BCUT2D eigenvalue weighted by Gasteiger charge is 2.37. The molecule has 0 spiro atoms. The van der Waals surface area contributed by atoms with E-state index in [4.69, 9.17) is 0 Å². The lowest BCUT2D eigenvalue weighted by Gasteiger charge is -2.23. The van der Waals surface area contributed by atoms with Gasteiger partial charge < -0.3 is 15.1 Å². The first-order valence-corrected chi connectivity index (χ1v) is 7.30. The number of carbonyl (C=O) groups excluding carboxylic acids is 3. The van der Waals surface area contributed by atoms with Crippen LogP contribution in [-0.4, -0.2) is 60.2 Å². The first-order valence-electron chi connectivity index (χ1n) is 7.30. The Labute approximate surface area is 119 Å². The highest BCUT2D eigenvalue weighted by atomic mass is 16.2. The van der Waals surface area contributed by atoms with E-state index in [1.807, 2.05) is 0 Å². The lowest BCUT2D eigenvalue weighted by atomic mass is 10.1. The predicted octanol–water partition coefficient (Wildman–Crippen LogP) is -0.161. The molecule has 0 aromatic rings. The Morgan fingerprint density at radius 2 is 2.15 bits per heavy atom. The molecule has 0 saturated carbocycles. The minimum absolute atomic E-state index is 0.0522. The van der Waals surface area contributed by atoms with Crippen molar-refractivity contribution in [2.45, 2.75) is 26.7 Å². The van der Waals surface area contributed by atoms with Crippen molar-refractivity contribution in [2.75, 3.05) is 32.7 Å². The minimum atomic E-state index is -0.285. The first kappa shape index (κ1) is 14.8. The fourth-order valence-corrected chi connectivity index (χ4v) is 2.81. The summed E-state index contributed by atoms with van der Waals surface area (Å²) in [6.45, 7) is 6.63. The number of rotatable bonds is 3. The van der Waals surface area contributed by atoms with E-state index in [0.717, 1.165) is 6.42 Å². The molecule has 2 saturated heterocycles. The molecule has 6 heteroatoms. The molecule has 2 aliphatic rings. The molecule has 0 aliphatic carbocycles. The van der Waals surface area contributed by atoms with Crippen molar-refractivity contribution in [2.24, 2.45) is 11.8 Å². The van der Waals surface area contributed by atoms with Crippen molar-refractivity contribution in [1.29, 1.82) is 0 Å². The van der Waals surface area contributed by atoms with Crippen LogP contribution in [0.15, 0.2) is 0 Å². The van der Waals surface area contributed by atoms with Crippen LogP contribution in [0.25, 0.3) is 0 Å². The lowest BCUT2D eigenvalue weighted by Crippen LogP contribution is -2.41. The van der Waals surface area contributed by atoms with Gasteiger partial charge in [0.15, 0.2) is 0 Å². The number of nitrogens with one attached hydrogen (secondary N) is 1. The average molecular weight is 281 g/mol. The molecule has 1 N–H and O–H groups in total. The fourth-order valence-electron chi connectivity index (χ4n) is 2.81. The summed E-state index contributed by atoms with van der Waals surface area (Å²) in [5, 5.41) is 2.75. The van der Waals surface area contributed by atoms with Crippen LogP contribution < -0.4 is 5.32 Å². The van der Waals surface area contributed by atoms with Crippen LogP contribution in [0.2, 0.25) is 0 Å². The van der Waals surface area contributed by atoms with Crippen molar-refractivity contribution >= 4 is 17.7 Å². The van der Waals surface area contributed by atoms with Crippen LogP contribution in [0, 0.1) is 11.8 Å². The van der Waals surface area contributed by atoms with Gasteiger partial charge in [-0.2, -0.15) is 0 Å². The van der Waals surface area contributed by atoms with E-state index in [1.54, 1.807) is 9.80 Å². The molecule has 0 aromatic carbocycles. The van der Waals surface area contributed by atoms with Crippen LogP contribution >= 0.6 is 0 Å². The van der Waals surface area contributed by atoms with Crippen molar-refractivity contribution in [1.82, 2.24) is 15.1 Å². The van der Waals surface area contributed by atoms with Crippen LogP contribution in [-0.2, 0) is 14.4 Å². The third kappa shape index (κ3) is 3.49. The second-order valence-electron chi connectivity index (χ2n) is 6.06. The Kier molecular flexibility index (Phi) is 4.62. The predicted molar refractivity (Wildman–Crippen MR) is 73.7 cm³/mol. The molecule has 1 atom stereocenters. The summed E-state index contributed by atoms with van der Waals surface area (Å²) in [4.78, 5) is 39.2. The van der Waals surface area contributed by atoms with Gasteiger partial charge in [0.2, 0.25) is 17.7 Å². The molecule has 20 heavy (non-hydrogen) atoms. The van der Waals surface area contributed by atoms with Gasteiger partial charge in [-0.3, -0.25) is 14.4 Å². The maximum atomic E-state index is 12.4. The zero-order valence-corrected chi connectivity index (χ0v) is 12.2. The molecule has 112 valence electrons. The van der Waals surface area contributed by atoms with E-state index < -0.39 is 0 Å². The van der Waals surface area contributed by atoms with Gasteiger partial charge in [-0.25, -0.2) is 0 Å². The summed E-state index contributed by atoms with van der Waals surface area (Å²) >= 11 is 0. The Morgan fingerprint density at radius 3 is 2.85 bits per heavy atom. The maximum Gasteiger partial charge on any atom is 0.239 e. The summed E-state index contributed by atoms with van der Waals surface area (Å²) in [5.41, 5.74) is 0. The monoisotopic (exact) mass is 281 g/mol. The van der Waals surface area contributed by atoms with Gasteiger partial charge in [0, 0.05) is 32.6 Å². The molecule has 2 rings (SSSR count). The van der Waals surface area contributed by atoms with Crippen molar-refractivity contribution in [3.63, 3.8) is 0 Å². The molecule has 2 fully saturated rings. The summed E-state index contributed by atoms with van der Waals surface area (Å²) in [6, 6.07) is 0. The van der Waals surface area contributed by atoms with Crippen LogP contribution in [0.1, 0.15) is 26.7 Å². The number of amides is 3. The summed E-state index contributed by atoms with van der Waals surface area (Å²) in [5.74, 6) is 0.00102. The van der Waals surface area contributed by atoms with E-state index in [-0.39, 0.29) is 36.6 Å². The van der Waals surface area contributed by atoms with Crippen LogP contribution in [0.3, 0.4) is 0 Å². The molecule has 6 nitrogen and oxygen atoms in total. The van der Waals surface area contributed by atoms with Gasteiger partial charge in [-0.1, -0.05) is 13.8 Å². The summed E-state index contributed by atoms with van der Waals surface area (Å²) in [6.07, 6.45) is 1.05. The molecule has 0 radical (unpaired) electrons. The lowest BCUT2D eigenvalue weighted by molar-refractivity contribution is -0.138. The normalized spacial score (nSPS) is 24.1. The van der Waals surface area contributed by atoms with Crippen LogP contribution in [0.5, 0.6) is 0 Å². The SMILES string of the molecule is CC(C)CN1CC(C(=O)N2CCCNC(=O)C2)CC1=O. The smallest absolute Gasteiger partial charge is 0.239 e. The zero-order valence-electron chi connectivity index (χ0n) is 12.2. The molecular formula is C14H23N3O3. The van der Waals surface area contributed by atoms with Crippen molar-refractivity contribution < 1.29 is 14.4 Å². The van der Waals surface area contributed by atoms with E-state index in [1.165, 1.54) is 0 Å². The van der Waals surface area contributed by atoms with E-state index in [9.17, 15) is 14.4 Å². The molecule has 1 unspecified atom stereocenters. The minimum Gasteiger partial charge on any atom is -0.354 e. The molecule has 2 heterocycles. The number of hydrogen-bond donors (Lipinski definition) is 1. The summed E-state index contributed by atoms with van der Waals surface area (Å²) in [7, 11) is 0. The summed E-state index contributed by atoms with van der Waals surface area (Å²) < 4.78 is 0. The number of likely N-dealkylation sites (tertiary alicyclic amines) is 1. The molecule has 0 aromatic heterocycles. The Morgan fingerprint density at radius 1 is 1.40 bits per heavy atom. The number of nitrogens with zero attached hydrogens (tertiary/aromatic N) is 2. The molecule has 2 aliphatic heterocycles. The number of hydrogen-bond acceptors (Lipinski definition) is 3. The Balaban J connectivity index is 1.96. The molecule has 3 amide bonds. The fraction of sp³-hybridized carbons (Fsp3) is 0.786. The third-order valence-corrected chi connectivity index (χ3v) is 3.72. The van der Waals surface area contributed by atoms with E-state index >= 15 is 0 Å². The molecular weight excluding hydrogens is 258 g/mol. The van der Waals surface area contributed by atoms with E-state index in [0.29, 0.717) is 32.1 Å². The van der Waals surface area contributed by atoms with Crippen molar-refractivity contribution in [3.8, 4) is 0 Å². The Bertz CT molecular complexity index is 408. The van der Waals surface area contributed by atoms with Gasteiger partial charge in [0.05, 0.1) is 12.5 Å². The highest BCUT2D eigenvalue weighted by molar-refractivity contribution is 5.91. The Hall–Kier alpha value is -1.59. The van der Waals surface area contributed by atoms with Crippen LogP contribution in [0.4, 0.5) is 0 Å². The van der Waals surface area contributed by atoms with Gasteiger partial charge in [-0.05, 0) is 12.3 Å². The zero-order chi connectivity index (χ0) is 14.7. The maximum absolute atomic E-state index is 12.4. The molecule has 0 bridgehead atoms. The highest BCUT2D eigenvalue weighted by Crippen LogP contribution is 2.21. The average Bonchev–Trinajstić information content (AvgIpc) is 2.60. The first-order chi connectivity index (χ1) is 9.47. The van der Waals surface area contributed by atoms with Gasteiger partial charge in [0.1, 0.15) is 0 Å². The second kappa shape index (κ2) is 6.24. The quantitative estimate of drug-likeness (QED) is 0.781. The second-order valence-corrected chi connectivity index (χ2v) is 6.06. The van der Waals surface area contributed by atoms with Gasteiger partial charge in [0.25, 0.3) is 0 Å². The topological polar surface area (TPSA) is 69.7 Å². The van der Waals surface area contributed by atoms with Crippen molar-refractivity contribution in [3.05, 3.63) is 0 Å². The van der Waals surface area contributed by atoms with E-state index in [2.05, 4.69) is 19.2 Å². The third-order valence-electron chi connectivity index (χ3n) is 3.72.